The van der Waals surface area contributed by atoms with E-state index in [2.05, 4.69) is 54.0 Å². The first-order chi connectivity index (χ1) is 19.4. The lowest BCUT2D eigenvalue weighted by atomic mass is 9.68. The molecule has 4 heterocycles. The first-order valence-corrected chi connectivity index (χ1v) is 14.5. The van der Waals surface area contributed by atoms with Crippen molar-refractivity contribution in [3.05, 3.63) is 42.4 Å². The third-order valence-electron chi connectivity index (χ3n) is 9.20. The monoisotopic (exact) mass is 545 g/mol. The van der Waals surface area contributed by atoms with Gasteiger partial charge in [0.25, 0.3) is 5.88 Å². The molecular weight excluding hydrogens is 509 g/mol. The van der Waals surface area contributed by atoms with E-state index in [1.54, 1.807) is 6.07 Å². The van der Waals surface area contributed by atoms with Crippen LogP contribution < -0.4 is 15.4 Å². The van der Waals surface area contributed by atoms with E-state index in [9.17, 15) is 4.39 Å². The number of nitrogens with two attached hydrogens (primary N) is 1. The van der Waals surface area contributed by atoms with Crippen molar-refractivity contribution in [1.29, 1.82) is 0 Å². The van der Waals surface area contributed by atoms with E-state index in [0.717, 1.165) is 64.0 Å². The van der Waals surface area contributed by atoms with Crippen LogP contribution in [0.15, 0.2) is 30.9 Å². The number of halogens is 1. The fourth-order valence-corrected chi connectivity index (χ4v) is 7.21. The van der Waals surface area contributed by atoms with Gasteiger partial charge < -0.3 is 15.4 Å². The Hall–Kier alpha value is -3.31. The van der Waals surface area contributed by atoms with Gasteiger partial charge in [0.1, 0.15) is 29.9 Å². The summed E-state index contributed by atoms with van der Waals surface area (Å²) in [5.74, 6) is 2.65. The van der Waals surface area contributed by atoms with Gasteiger partial charge in [0.05, 0.1) is 5.69 Å². The Morgan fingerprint density at radius 1 is 1.05 bits per heavy atom. The van der Waals surface area contributed by atoms with Crippen LogP contribution in [0, 0.1) is 23.1 Å². The maximum Gasteiger partial charge on any atom is 0.282 e. The Kier molecular flexibility index (Phi) is 6.38. The predicted molar refractivity (Wildman–Crippen MR) is 147 cm³/mol. The Balaban J connectivity index is 1.10. The van der Waals surface area contributed by atoms with Gasteiger partial charge in [-0.1, -0.05) is 13.8 Å². The molecule has 2 aliphatic carbocycles. The second-order valence-corrected chi connectivity index (χ2v) is 12.6. The summed E-state index contributed by atoms with van der Waals surface area (Å²) in [5.41, 5.74) is 8.23. The van der Waals surface area contributed by atoms with Crippen molar-refractivity contribution < 1.29 is 9.13 Å². The Morgan fingerprint density at radius 3 is 2.58 bits per heavy atom. The van der Waals surface area contributed by atoms with Crippen LogP contribution in [0.3, 0.4) is 0 Å². The first kappa shape index (κ1) is 25.6. The van der Waals surface area contributed by atoms with Crippen LogP contribution in [0.25, 0.3) is 11.3 Å². The molecule has 1 aromatic carbocycles. The van der Waals surface area contributed by atoms with Gasteiger partial charge >= 0.3 is 0 Å². The highest BCUT2D eigenvalue weighted by molar-refractivity contribution is 5.70. The average molecular weight is 546 g/mol. The molecular formula is C29H36FN9O. The van der Waals surface area contributed by atoms with Gasteiger partial charge in [0, 0.05) is 55.2 Å². The molecule has 0 radical (unpaired) electrons. The van der Waals surface area contributed by atoms with E-state index in [-0.39, 0.29) is 11.2 Å². The molecule has 2 aliphatic heterocycles. The summed E-state index contributed by atoms with van der Waals surface area (Å²) in [6, 6.07) is 5.37. The maximum atomic E-state index is 14.4. The fourth-order valence-electron chi connectivity index (χ4n) is 7.21. The van der Waals surface area contributed by atoms with E-state index in [4.69, 9.17) is 10.5 Å². The summed E-state index contributed by atoms with van der Waals surface area (Å²) in [7, 11) is 0. The zero-order valence-corrected chi connectivity index (χ0v) is 23.1. The van der Waals surface area contributed by atoms with Gasteiger partial charge in [-0.25, -0.2) is 14.4 Å². The van der Waals surface area contributed by atoms with Crippen molar-refractivity contribution in [3.63, 3.8) is 0 Å². The lowest BCUT2D eigenvalue weighted by Gasteiger charge is -2.56. The number of hydrogen-bond donors (Lipinski definition) is 1. The average Bonchev–Trinajstić information content (AvgIpc) is 3.67. The van der Waals surface area contributed by atoms with Crippen molar-refractivity contribution in [2.75, 3.05) is 31.1 Å². The molecule has 10 nitrogen and oxygen atoms in total. The molecule has 7 rings (SSSR count). The minimum Gasteiger partial charge on any atom is -0.434 e. The minimum absolute atomic E-state index is 0.243. The van der Waals surface area contributed by atoms with Crippen molar-refractivity contribution in [2.45, 2.75) is 64.0 Å². The van der Waals surface area contributed by atoms with Gasteiger partial charge in [-0.3, -0.25) is 4.90 Å². The number of hydrogen-bond acceptors (Lipinski definition) is 10. The standard InChI is InChI=1S/C29H36FN9O/c1-17(2)26(19-9-21(31)10-19)39-13-29(14-39)7-8-38(12-29)27-28(37-35-16-33-27)40-23-6-5-20(30)11-22(23)25-24(18-3-4-18)32-15-34-36-25/h5-6,11,15-19,21,26H,3-4,7-10,12-14,31H2,1-2H3/t19?,21?,26-/m1/s1. The number of rotatable bonds is 8. The SMILES string of the molecule is CC(C)[C@H](C1CC(N)C1)N1CC2(CCN(c3ncnnc3Oc3ccc(F)cc3-c3nncnc3C3CC3)C2)C1. The zero-order valence-electron chi connectivity index (χ0n) is 23.1. The molecule has 2 N–H and O–H groups in total. The number of likely N-dealkylation sites (tertiary alicyclic amines) is 1. The van der Waals surface area contributed by atoms with Crippen LogP contribution in [0.5, 0.6) is 11.6 Å². The van der Waals surface area contributed by atoms with E-state index < -0.39 is 0 Å². The van der Waals surface area contributed by atoms with E-state index in [1.165, 1.54) is 24.8 Å². The Labute approximate surface area is 233 Å². The topological polar surface area (TPSA) is 119 Å². The molecule has 0 amide bonds. The molecule has 2 aromatic heterocycles. The molecule has 4 aliphatic rings. The fraction of sp³-hybridized carbons (Fsp3) is 0.586. The van der Waals surface area contributed by atoms with Crippen molar-refractivity contribution >= 4 is 5.82 Å². The Bertz CT molecular complexity index is 1390. The number of nitrogens with zero attached hydrogens (tertiary/aromatic N) is 8. The maximum absolute atomic E-state index is 14.4. The predicted octanol–water partition coefficient (Wildman–Crippen LogP) is 3.81. The molecule has 0 unspecified atom stereocenters. The third-order valence-corrected chi connectivity index (χ3v) is 9.20. The number of aromatic nitrogens is 6. The zero-order chi connectivity index (χ0) is 27.4. The van der Waals surface area contributed by atoms with Crippen molar-refractivity contribution in [2.24, 2.45) is 23.0 Å². The van der Waals surface area contributed by atoms with Crippen LogP contribution in [0.1, 0.15) is 57.6 Å². The van der Waals surface area contributed by atoms with Gasteiger partial charge in [-0.15, -0.1) is 20.4 Å². The van der Waals surface area contributed by atoms with Crippen LogP contribution >= 0.6 is 0 Å². The van der Waals surface area contributed by atoms with Gasteiger partial charge in [-0.2, -0.15) is 0 Å². The Morgan fingerprint density at radius 2 is 1.82 bits per heavy atom. The van der Waals surface area contributed by atoms with Crippen LogP contribution in [0.4, 0.5) is 10.2 Å². The molecule has 3 aromatic rings. The summed E-state index contributed by atoms with van der Waals surface area (Å²) < 4.78 is 20.8. The number of benzene rings is 1. The van der Waals surface area contributed by atoms with E-state index in [0.29, 0.717) is 58.5 Å². The van der Waals surface area contributed by atoms with E-state index >= 15 is 0 Å². The first-order valence-electron chi connectivity index (χ1n) is 14.5. The molecule has 0 bridgehead atoms. The summed E-state index contributed by atoms with van der Waals surface area (Å²) in [4.78, 5) is 14.0. The molecule has 4 fully saturated rings. The normalized spacial score (nSPS) is 24.7. The molecule has 11 heteroatoms. The third kappa shape index (κ3) is 4.68. The summed E-state index contributed by atoms with van der Waals surface area (Å²) in [6.07, 6.45) is 8.36. The number of ether oxygens (including phenoxy) is 1. The largest absolute Gasteiger partial charge is 0.434 e. The minimum atomic E-state index is -0.383. The van der Waals surface area contributed by atoms with Gasteiger partial charge in [-0.05, 0) is 62.1 Å². The highest BCUT2D eigenvalue weighted by Gasteiger charge is 2.52. The highest BCUT2D eigenvalue weighted by atomic mass is 19.1. The lowest BCUT2D eigenvalue weighted by molar-refractivity contribution is -0.0667. The summed E-state index contributed by atoms with van der Waals surface area (Å²) in [5, 5.41) is 16.6. The molecule has 1 spiro atoms. The van der Waals surface area contributed by atoms with Gasteiger partial charge in [0.2, 0.25) is 0 Å². The summed E-state index contributed by atoms with van der Waals surface area (Å²) in [6.45, 7) is 8.64. The molecule has 2 saturated heterocycles. The highest BCUT2D eigenvalue weighted by Crippen LogP contribution is 2.48. The van der Waals surface area contributed by atoms with Crippen LogP contribution in [-0.4, -0.2) is 73.5 Å². The van der Waals surface area contributed by atoms with E-state index in [1.807, 2.05) is 0 Å². The smallest absolute Gasteiger partial charge is 0.282 e. The van der Waals surface area contributed by atoms with Crippen molar-refractivity contribution in [1.82, 2.24) is 35.3 Å². The van der Waals surface area contributed by atoms with Crippen LogP contribution in [0.2, 0.25) is 0 Å². The molecule has 2 saturated carbocycles. The second kappa shape index (κ2) is 9.95. The summed E-state index contributed by atoms with van der Waals surface area (Å²) >= 11 is 0. The van der Waals surface area contributed by atoms with Gasteiger partial charge in [0.15, 0.2) is 5.82 Å². The lowest BCUT2D eigenvalue weighted by Crippen LogP contribution is -2.65. The molecule has 210 valence electrons. The van der Waals surface area contributed by atoms with Crippen molar-refractivity contribution in [3.8, 4) is 22.9 Å². The second-order valence-electron chi connectivity index (χ2n) is 12.6. The number of anilines is 1. The van der Waals surface area contributed by atoms with Crippen LogP contribution in [-0.2, 0) is 0 Å². The quantitative estimate of drug-likeness (QED) is 0.448. The molecule has 1 atom stereocenters. The molecule has 40 heavy (non-hydrogen) atoms.